The molecule has 1 amide bonds. The van der Waals surface area contributed by atoms with E-state index in [0.29, 0.717) is 22.3 Å². The summed E-state index contributed by atoms with van der Waals surface area (Å²) >= 11 is 11.9. The Balaban J connectivity index is 1.61. The van der Waals surface area contributed by atoms with E-state index in [-0.39, 0.29) is 12.3 Å². The molecule has 1 aromatic heterocycles. The van der Waals surface area contributed by atoms with Gasteiger partial charge in [0, 0.05) is 16.2 Å². The van der Waals surface area contributed by atoms with E-state index in [2.05, 4.69) is 10.4 Å². The van der Waals surface area contributed by atoms with Crippen molar-refractivity contribution in [1.82, 2.24) is 9.78 Å². The summed E-state index contributed by atoms with van der Waals surface area (Å²) in [4.78, 5) is 12.1. The SMILES string of the molecule is O=C(Cc1ccc(Cl)cc1Cl)Nc1cnn(Cc2ccccc2)c1. The molecule has 0 unspecified atom stereocenters. The van der Waals surface area contributed by atoms with Gasteiger partial charge < -0.3 is 5.32 Å². The van der Waals surface area contributed by atoms with Crippen LogP contribution in [0.25, 0.3) is 0 Å². The third kappa shape index (κ3) is 4.37. The van der Waals surface area contributed by atoms with Gasteiger partial charge in [-0.3, -0.25) is 9.48 Å². The Hall–Kier alpha value is -2.30. The van der Waals surface area contributed by atoms with Gasteiger partial charge in [-0.1, -0.05) is 59.6 Å². The van der Waals surface area contributed by atoms with Crippen molar-refractivity contribution in [2.24, 2.45) is 0 Å². The Morgan fingerprint density at radius 1 is 1.12 bits per heavy atom. The lowest BCUT2D eigenvalue weighted by molar-refractivity contribution is -0.115. The maximum atomic E-state index is 12.1. The molecule has 1 heterocycles. The average Bonchev–Trinajstić information content (AvgIpc) is 2.98. The summed E-state index contributed by atoms with van der Waals surface area (Å²) in [7, 11) is 0. The fourth-order valence-electron chi connectivity index (χ4n) is 2.33. The quantitative estimate of drug-likeness (QED) is 0.732. The second-order valence-corrected chi connectivity index (χ2v) is 6.22. The molecule has 122 valence electrons. The summed E-state index contributed by atoms with van der Waals surface area (Å²) in [6, 6.07) is 15.1. The Morgan fingerprint density at radius 2 is 1.92 bits per heavy atom. The molecular formula is C18H15Cl2N3O. The number of rotatable bonds is 5. The first kappa shape index (κ1) is 16.6. The van der Waals surface area contributed by atoms with E-state index >= 15 is 0 Å². The van der Waals surface area contributed by atoms with Gasteiger partial charge in [0.25, 0.3) is 0 Å². The molecule has 0 saturated heterocycles. The molecule has 0 atom stereocenters. The zero-order valence-electron chi connectivity index (χ0n) is 12.7. The van der Waals surface area contributed by atoms with Crippen molar-refractivity contribution in [3.8, 4) is 0 Å². The van der Waals surface area contributed by atoms with Gasteiger partial charge in [-0.2, -0.15) is 5.10 Å². The van der Waals surface area contributed by atoms with E-state index in [0.717, 1.165) is 11.1 Å². The number of benzene rings is 2. The van der Waals surface area contributed by atoms with Crippen molar-refractivity contribution in [3.63, 3.8) is 0 Å². The fraction of sp³-hybridized carbons (Fsp3) is 0.111. The largest absolute Gasteiger partial charge is 0.323 e. The second-order valence-electron chi connectivity index (χ2n) is 5.37. The molecule has 4 nitrogen and oxygen atoms in total. The summed E-state index contributed by atoms with van der Waals surface area (Å²) < 4.78 is 1.78. The number of carbonyl (C=O) groups excluding carboxylic acids is 1. The van der Waals surface area contributed by atoms with Crippen LogP contribution < -0.4 is 5.32 Å². The molecular weight excluding hydrogens is 345 g/mol. The van der Waals surface area contributed by atoms with Crippen LogP contribution in [0.1, 0.15) is 11.1 Å². The molecule has 0 radical (unpaired) electrons. The molecule has 0 aliphatic carbocycles. The third-order valence-electron chi connectivity index (χ3n) is 3.47. The number of hydrogen-bond acceptors (Lipinski definition) is 2. The van der Waals surface area contributed by atoms with Crippen LogP contribution >= 0.6 is 23.2 Å². The van der Waals surface area contributed by atoms with Crippen molar-refractivity contribution in [2.45, 2.75) is 13.0 Å². The van der Waals surface area contributed by atoms with Gasteiger partial charge in [0.1, 0.15) is 0 Å². The standard InChI is InChI=1S/C18H15Cl2N3O/c19-15-7-6-14(17(20)9-15)8-18(24)22-16-10-21-23(12-16)11-13-4-2-1-3-5-13/h1-7,9-10,12H,8,11H2,(H,22,24). The van der Waals surface area contributed by atoms with Gasteiger partial charge in [-0.15, -0.1) is 0 Å². The van der Waals surface area contributed by atoms with Gasteiger partial charge in [0.05, 0.1) is 24.8 Å². The Bertz CT molecular complexity index is 846. The van der Waals surface area contributed by atoms with E-state index in [1.54, 1.807) is 35.3 Å². The molecule has 3 rings (SSSR count). The normalized spacial score (nSPS) is 10.6. The predicted molar refractivity (Wildman–Crippen MR) is 96.6 cm³/mol. The van der Waals surface area contributed by atoms with E-state index in [9.17, 15) is 4.79 Å². The third-order valence-corrected chi connectivity index (χ3v) is 4.06. The minimum absolute atomic E-state index is 0.154. The highest BCUT2D eigenvalue weighted by Gasteiger charge is 2.09. The summed E-state index contributed by atoms with van der Waals surface area (Å²) in [6.45, 7) is 0.653. The minimum Gasteiger partial charge on any atom is -0.323 e. The van der Waals surface area contributed by atoms with Crippen LogP contribution in [0, 0.1) is 0 Å². The van der Waals surface area contributed by atoms with Crippen molar-refractivity contribution in [3.05, 3.63) is 82.1 Å². The number of nitrogens with zero attached hydrogens (tertiary/aromatic N) is 2. The summed E-state index contributed by atoms with van der Waals surface area (Å²) in [5, 5.41) is 8.11. The van der Waals surface area contributed by atoms with Gasteiger partial charge in [-0.05, 0) is 23.3 Å². The molecule has 24 heavy (non-hydrogen) atoms. The number of aromatic nitrogens is 2. The van der Waals surface area contributed by atoms with Gasteiger partial charge in [0.2, 0.25) is 5.91 Å². The van der Waals surface area contributed by atoms with Crippen molar-refractivity contribution < 1.29 is 4.79 Å². The molecule has 0 fully saturated rings. The Morgan fingerprint density at radius 3 is 2.67 bits per heavy atom. The predicted octanol–water partition coefficient (Wildman–Crippen LogP) is 4.42. The van der Waals surface area contributed by atoms with Crippen molar-refractivity contribution in [1.29, 1.82) is 0 Å². The van der Waals surface area contributed by atoms with E-state index in [1.807, 2.05) is 30.3 Å². The Labute approximate surface area is 150 Å². The van der Waals surface area contributed by atoms with E-state index in [4.69, 9.17) is 23.2 Å². The van der Waals surface area contributed by atoms with Crippen LogP contribution in [0.15, 0.2) is 60.9 Å². The first-order valence-electron chi connectivity index (χ1n) is 7.40. The molecule has 1 N–H and O–H groups in total. The summed E-state index contributed by atoms with van der Waals surface area (Å²) in [6.07, 6.45) is 3.61. The average molecular weight is 360 g/mol. The summed E-state index contributed by atoms with van der Waals surface area (Å²) in [5.41, 5.74) is 2.53. The zero-order valence-corrected chi connectivity index (χ0v) is 14.3. The molecule has 0 aliphatic heterocycles. The lowest BCUT2D eigenvalue weighted by Gasteiger charge is -2.05. The van der Waals surface area contributed by atoms with Gasteiger partial charge in [0.15, 0.2) is 0 Å². The topological polar surface area (TPSA) is 46.9 Å². The van der Waals surface area contributed by atoms with E-state index in [1.165, 1.54) is 0 Å². The number of anilines is 1. The lowest BCUT2D eigenvalue weighted by Crippen LogP contribution is -2.14. The van der Waals surface area contributed by atoms with Crippen LogP contribution in [0.2, 0.25) is 10.0 Å². The number of carbonyl (C=O) groups is 1. The van der Waals surface area contributed by atoms with E-state index < -0.39 is 0 Å². The highest BCUT2D eigenvalue weighted by Crippen LogP contribution is 2.21. The monoisotopic (exact) mass is 359 g/mol. The zero-order chi connectivity index (χ0) is 16.9. The molecule has 6 heteroatoms. The van der Waals surface area contributed by atoms with Gasteiger partial charge in [-0.25, -0.2) is 0 Å². The number of halogens is 2. The first-order chi connectivity index (χ1) is 11.6. The smallest absolute Gasteiger partial charge is 0.228 e. The summed E-state index contributed by atoms with van der Waals surface area (Å²) in [5.74, 6) is -0.154. The number of hydrogen-bond donors (Lipinski definition) is 1. The number of amides is 1. The fourth-order valence-corrected chi connectivity index (χ4v) is 2.80. The van der Waals surface area contributed by atoms with Crippen LogP contribution in [0.4, 0.5) is 5.69 Å². The maximum absolute atomic E-state index is 12.1. The first-order valence-corrected chi connectivity index (χ1v) is 8.16. The van der Waals surface area contributed by atoms with Crippen LogP contribution in [-0.4, -0.2) is 15.7 Å². The highest BCUT2D eigenvalue weighted by atomic mass is 35.5. The van der Waals surface area contributed by atoms with Crippen LogP contribution in [0.3, 0.4) is 0 Å². The molecule has 0 bridgehead atoms. The molecule has 0 spiro atoms. The molecule has 2 aromatic carbocycles. The lowest BCUT2D eigenvalue weighted by atomic mass is 10.1. The number of nitrogens with one attached hydrogen (secondary N) is 1. The van der Waals surface area contributed by atoms with Crippen molar-refractivity contribution >= 4 is 34.8 Å². The van der Waals surface area contributed by atoms with Crippen LogP contribution in [-0.2, 0) is 17.8 Å². The molecule has 0 saturated carbocycles. The van der Waals surface area contributed by atoms with Crippen LogP contribution in [0.5, 0.6) is 0 Å². The maximum Gasteiger partial charge on any atom is 0.228 e. The minimum atomic E-state index is -0.154. The van der Waals surface area contributed by atoms with Gasteiger partial charge >= 0.3 is 0 Å². The molecule has 0 aliphatic rings. The molecule has 3 aromatic rings. The highest BCUT2D eigenvalue weighted by molar-refractivity contribution is 6.35. The second kappa shape index (κ2) is 7.51. The Kier molecular flexibility index (Phi) is 5.18. The van der Waals surface area contributed by atoms with Crippen molar-refractivity contribution in [2.75, 3.05) is 5.32 Å².